The number of carbonyl (C=O) groups excluding carboxylic acids is 3. The van der Waals surface area contributed by atoms with Gasteiger partial charge < -0.3 is 5.32 Å². The van der Waals surface area contributed by atoms with Gasteiger partial charge in [0.25, 0.3) is 17.7 Å². The molecule has 1 N–H and O–H groups in total. The van der Waals surface area contributed by atoms with Gasteiger partial charge in [0, 0.05) is 16.3 Å². The van der Waals surface area contributed by atoms with Crippen molar-refractivity contribution >= 4 is 87.1 Å². The first kappa shape index (κ1) is 22.9. The lowest BCUT2D eigenvalue weighted by molar-refractivity contribution is 0.0924. The number of nitrogens with one attached hydrogen (secondary N) is 1. The van der Waals surface area contributed by atoms with Gasteiger partial charge in [-0.2, -0.15) is 0 Å². The zero-order chi connectivity index (χ0) is 23.3. The van der Waals surface area contributed by atoms with Gasteiger partial charge in [-0.3, -0.25) is 14.4 Å². The topological polar surface area (TPSA) is 66.5 Å². The van der Waals surface area contributed by atoms with Gasteiger partial charge in [-0.25, -0.2) is 4.90 Å². The van der Waals surface area contributed by atoms with Crippen LogP contribution >= 0.6 is 58.0 Å². The second-order valence-electron chi connectivity index (χ2n) is 6.87. The Labute approximate surface area is 207 Å². The highest BCUT2D eigenvalue weighted by Gasteiger charge is 2.42. The van der Waals surface area contributed by atoms with Gasteiger partial charge in [0.15, 0.2) is 0 Å². The Balaban J connectivity index is 1.71. The second kappa shape index (κ2) is 8.58. The Morgan fingerprint density at radius 1 is 0.812 bits per heavy atom. The molecule has 0 spiro atoms. The van der Waals surface area contributed by atoms with Gasteiger partial charge in [0.1, 0.15) is 0 Å². The van der Waals surface area contributed by atoms with Crippen molar-refractivity contribution in [3.63, 3.8) is 0 Å². The molecule has 1 heterocycles. The quantitative estimate of drug-likeness (QED) is 0.220. The molecule has 1 aliphatic rings. The molecule has 0 fully saturated rings. The van der Waals surface area contributed by atoms with Crippen molar-refractivity contribution < 1.29 is 14.4 Å². The minimum Gasteiger partial charge on any atom is -0.322 e. The lowest BCUT2D eigenvalue weighted by Gasteiger charge is -2.15. The van der Waals surface area contributed by atoms with E-state index >= 15 is 0 Å². The van der Waals surface area contributed by atoms with E-state index in [-0.39, 0.29) is 42.5 Å². The second-order valence-corrected chi connectivity index (χ2v) is 8.79. The van der Waals surface area contributed by atoms with Crippen molar-refractivity contribution in [2.75, 3.05) is 10.2 Å². The fraction of sp³-hybridized carbons (Fsp3) is 0.0455. The molecule has 3 aromatic carbocycles. The van der Waals surface area contributed by atoms with E-state index < -0.39 is 17.7 Å². The Kier molecular flexibility index (Phi) is 6.14. The van der Waals surface area contributed by atoms with Crippen molar-refractivity contribution in [2.45, 2.75) is 6.92 Å². The molecule has 10 heteroatoms. The number of imide groups is 1. The monoisotopic (exact) mass is 526 g/mol. The van der Waals surface area contributed by atoms with Crippen LogP contribution in [-0.4, -0.2) is 17.7 Å². The molecule has 162 valence electrons. The average molecular weight is 529 g/mol. The lowest BCUT2D eigenvalue weighted by atomic mass is 10.1. The van der Waals surface area contributed by atoms with Crippen molar-refractivity contribution in [3.8, 4) is 0 Å². The van der Waals surface area contributed by atoms with E-state index in [1.807, 2.05) is 0 Å². The number of fused-ring (bicyclic) bond motifs is 1. The number of halogens is 5. The van der Waals surface area contributed by atoms with E-state index in [2.05, 4.69) is 5.32 Å². The summed E-state index contributed by atoms with van der Waals surface area (Å²) in [5, 5.41) is 2.71. The van der Waals surface area contributed by atoms with Crippen LogP contribution in [0.2, 0.25) is 25.1 Å². The zero-order valence-corrected chi connectivity index (χ0v) is 19.9. The molecule has 0 saturated carbocycles. The highest BCUT2D eigenvalue weighted by Crippen LogP contribution is 2.45. The van der Waals surface area contributed by atoms with Crippen LogP contribution in [0.1, 0.15) is 36.6 Å². The van der Waals surface area contributed by atoms with Gasteiger partial charge in [-0.1, -0.05) is 70.1 Å². The molecule has 0 saturated heterocycles. The molecule has 0 radical (unpaired) electrons. The first-order valence-electron chi connectivity index (χ1n) is 9.04. The molecule has 4 rings (SSSR count). The Hall–Kier alpha value is -2.28. The van der Waals surface area contributed by atoms with Gasteiger partial charge >= 0.3 is 0 Å². The molecular formula is C22H11Cl5N2O3. The molecule has 0 unspecified atom stereocenters. The highest BCUT2D eigenvalue weighted by molar-refractivity contribution is 6.56. The maximum atomic E-state index is 13.0. The first-order valence-corrected chi connectivity index (χ1v) is 10.9. The number of benzene rings is 3. The van der Waals surface area contributed by atoms with Crippen molar-refractivity contribution in [3.05, 3.63) is 89.8 Å². The zero-order valence-electron chi connectivity index (χ0n) is 16.1. The van der Waals surface area contributed by atoms with Gasteiger partial charge in [0.05, 0.1) is 36.9 Å². The standard InChI is InChI=1S/C22H11Cl5N2O3/c1-9-12(23)6-3-7-13(9)28-20(30)10-4-2-5-11(8-10)29-21(31)14-15(22(29)32)17(25)19(27)18(26)16(14)24/h2-8H,1H3,(H,28,30). The minimum absolute atomic E-state index is 0.120. The van der Waals surface area contributed by atoms with Crippen LogP contribution in [0.5, 0.6) is 0 Å². The van der Waals surface area contributed by atoms with Crippen LogP contribution in [0, 0.1) is 6.92 Å². The molecular weight excluding hydrogens is 518 g/mol. The minimum atomic E-state index is -0.723. The number of carbonyl (C=O) groups is 3. The van der Waals surface area contributed by atoms with Crippen LogP contribution < -0.4 is 10.2 Å². The van der Waals surface area contributed by atoms with Gasteiger partial charge in [-0.15, -0.1) is 0 Å². The molecule has 0 atom stereocenters. The van der Waals surface area contributed by atoms with Crippen molar-refractivity contribution in [1.29, 1.82) is 0 Å². The predicted octanol–water partition coefficient (Wildman–Crippen LogP) is 7.31. The average Bonchev–Trinajstić information content (AvgIpc) is 3.04. The third kappa shape index (κ3) is 3.64. The normalized spacial score (nSPS) is 12.9. The smallest absolute Gasteiger partial charge is 0.267 e. The fourth-order valence-electron chi connectivity index (χ4n) is 3.31. The highest BCUT2D eigenvalue weighted by atomic mass is 35.5. The third-order valence-corrected chi connectivity index (χ3v) is 7.19. The number of hydrogen-bond donors (Lipinski definition) is 1. The molecule has 0 bridgehead atoms. The Morgan fingerprint density at radius 3 is 1.97 bits per heavy atom. The maximum absolute atomic E-state index is 13.0. The lowest BCUT2D eigenvalue weighted by Crippen LogP contribution is -2.29. The number of hydrogen-bond acceptors (Lipinski definition) is 3. The number of rotatable bonds is 3. The van der Waals surface area contributed by atoms with E-state index in [4.69, 9.17) is 58.0 Å². The third-order valence-electron chi connectivity index (χ3n) is 4.98. The van der Waals surface area contributed by atoms with Gasteiger partial charge in [0.2, 0.25) is 0 Å². The summed E-state index contributed by atoms with van der Waals surface area (Å²) in [5.74, 6) is -1.89. The molecule has 1 aliphatic heterocycles. The molecule has 0 aliphatic carbocycles. The van der Waals surface area contributed by atoms with E-state index in [9.17, 15) is 14.4 Å². The molecule has 3 amide bonds. The molecule has 0 aromatic heterocycles. The first-order chi connectivity index (χ1) is 15.1. The number of nitrogens with zero attached hydrogens (tertiary/aromatic N) is 1. The van der Waals surface area contributed by atoms with E-state index in [0.29, 0.717) is 16.3 Å². The van der Waals surface area contributed by atoms with E-state index in [0.717, 1.165) is 4.90 Å². The molecule has 32 heavy (non-hydrogen) atoms. The Morgan fingerprint density at radius 2 is 1.38 bits per heavy atom. The SMILES string of the molecule is Cc1c(Cl)cccc1NC(=O)c1cccc(N2C(=O)c3c(Cl)c(Cl)c(Cl)c(Cl)c3C2=O)c1. The molecule has 3 aromatic rings. The van der Waals surface area contributed by atoms with Crippen molar-refractivity contribution in [1.82, 2.24) is 0 Å². The van der Waals surface area contributed by atoms with Gasteiger partial charge in [-0.05, 0) is 42.8 Å². The van der Waals surface area contributed by atoms with E-state index in [1.54, 1.807) is 37.3 Å². The number of amides is 3. The van der Waals surface area contributed by atoms with Crippen LogP contribution in [0.25, 0.3) is 0 Å². The summed E-state index contributed by atoms with van der Waals surface area (Å²) in [6, 6.07) is 11.1. The summed E-state index contributed by atoms with van der Waals surface area (Å²) in [6.07, 6.45) is 0. The Bertz CT molecular complexity index is 1290. The maximum Gasteiger partial charge on any atom is 0.267 e. The largest absolute Gasteiger partial charge is 0.322 e. The van der Waals surface area contributed by atoms with Crippen LogP contribution in [-0.2, 0) is 0 Å². The van der Waals surface area contributed by atoms with Crippen molar-refractivity contribution in [2.24, 2.45) is 0 Å². The summed E-state index contributed by atoms with van der Waals surface area (Å²) < 4.78 is 0. The van der Waals surface area contributed by atoms with E-state index in [1.165, 1.54) is 12.1 Å². The summed E-state index contributed by atoms with van der Waals surface area (Å²) in [7, 11) is 0. The van der Waals surface area contributed by atoms with Crippen LogP contribution in [0.4, 0.5) is 11.4 Å². The summed E-state index contributed by atoms with van der Waals surface area (Å²) in [4.78, 5) is 39.8. The number of anilines is 2. The summed E-state index contributed by atoms with van der Waals surface area (Å²) in [6.45, 7) is 1.77. The molecule has 5 nitrogen and oxygen atoms in total. The summed E-state index contributed by atoms with van der Waals surface area (Å²) >= 11 is 30.6. The van der Waals surface area contributed by atoms with Crippen LogP contribution in [0.15, 0.2) is 42.5 Å². The van der Waals surface area contributed by atoms with Crippen LogP contribution in [0.3, 0.4) is 0 Å². The summed E-state index contributed by atoms with van der Waals surface area (Å²) in [5.41, 5.74) is 1.34. The predicted molar refractivity (Wildman–Crippen MR) is 128 cm³/mol. The fourth-order valence-corrected chi connectivity index (χ4v) is 4.50.